The summed E-state index contributed by atoms with van der Waals surface area (Å²) < 4.78 is 0. The molecule has 0 amide bonds. The lowest BCUT2D eigenvalue weighted by atomic mass is 10.2. The van der Waals surface area contributed by atoms with Gasteiger partial charge in [-0.1, -0.05) is 6.92 Å². The van der Waals surface area contributed by atoms with Crippen molar-refractivity contribution in [1.82, 2.24) is 4.98 Å². The second-order valence-corrected chi connectivity index (χ2v) is 3.74. The van der Waals surface area contributed by atoms with Crippen LogP contribution in [0.25, 0.3) is 0 Å². The Morgan fingerprint density at radius 3 is 3.00 bits per heavy atom. The van der Waals surface area contributed by atoms with Crippen LogP contribution in [-0.4, -0.2) is 27.7 Å². The SMILES string of the molecule is CCC(O)CCNc1ncc(C#N)cc1[N+](=O)[O-]. The van der Waals surface area contributed by atoms with Crippen molar-refractivity contribution in [3.05, 3.63) is 27.9 Å². The summed E-state index contributed by atoms with van der Waals surface area (Å²) >= 11 is 0. The maximum absolute atomic E-state index is 10.8. The maximum Gasteiger partial charge on any atom is 0.312 e. The largest absolute Gasteiger partial charge is 0.393 e. The summed E-state index contributed by atoms with van der Waals surface area (Å²) in [6, 6.07) is 2.97. The summed E-state index contributed by atoms with van der Waals surface area (Å²) in [6.45, 7) is 2.24. The zero-order valence-electron chi connectivity index (χ0n) is 9.96. The number of hydrogen-bond donors (Lipinski definition) is 2. The van der Waals surface area contributed by atoms with E-state index in [9.17, 15) is 15.2 Å². The summed E-state index contributed by atoms with van der Waals surface area (Å²) in [7, 11) is 0. The number of aliphatic hydroxyl groups is 1. The number of nitriles is 1. The normalized spacial score (nSPS) is 11.6. The van der Waals surface area contributed by atoms with Crippen molar-refractivity contribution in [1.29, 1.82) is 5.26 Å². The number of nitro groups is 1. The van der Waals surface area contributed by atoms with Gasteiger partial charge in [0.15, 0.2) is 0 Å². The minimum Gasteiger partial charge on any atom is -0.393 e. The van der Waals surface area contributed by atoms with Crippen molar-refractivity contribution in [2.45, 2.75) is 25.9 Å². The van der Waals surface area contributed by atoms with Crippen LogP contribution in [0.2, 0.25) is 0 Å². The number of pyridine rings is 1. The van der Waals surface area contributed by atoms with Gasteiger partial charge in [-0.25, -0.2) is 4.98 Å². The van der Waals surface area contributed by atoms with Crippen molar-refractivity contribution in [2.75, 3.05) is 11.9 Å². The smallest absolute Gasteiger partial charge is 0.312 e. The molecule has 0 fully saturated rings. The summed E-state index contributed by atoms with van der Waals surface area (Å²) in [6.07, 6.45) is 1.95. The van der Waals surface area contributed by atoms with E-state index < -0.39 is 11.0 Å². The fourth-order valence-corrected chi connectivity index (χ4v) is 1.35. The summed E-state index contributed by atoms with van der Waals surface area (Å²) in [4.78, 5) is 14.1. The molecule has 0 saturated carbocycles. The van der Waals surface area contributed by atoms with Gasteiger partial charge in [-0.2, -0.15) is 5.26 Å². The quantitative estimate of drug-likeness (QED) is 0.583. The minimum atomic E-state index is -0.591. The Morgan fingerprint density at radius 1 is 1.72 bits per heavy atom. The van der Waals surface area contributed by atoms with Gasteiger partial charge in [0, 0.05) is 18.8 Å². The number of aliphatic hydroxyl groups excluding tert-OH is 1. The molecule has 0 bridgehead atoms. The first-order valence-corrected chi connectivity index (χ1v) is 5.55. The van der Waals surface area contributed by atoms with Crippen LogP contribution in [-0.2, 0) is 0 Å². The van der Waals surface area contributed by atoms with E-state index in [1.165, 1.54) is 12.3 Å². The molecular weight excluding hydrogens is 236 g/mol. The first-order valence-electron chi connectivity index (χ1n) is 5.55. The first kappa shape index (κ1) is 13.9. The number of rotatable bonds is 6. The van der Waals surface area contributed by atoms with Gasteiger partial charge in [-0.05, 0) is 12.8 Å². The lowest BCUT2D eigenvalue weighted by molar-refractivity contribution is -0.384. The van der Waals surface area contributed by atoms with Gasteiger partial charge in [0.05, 0.1) is 16.6 Å². The molecule has 0 saturated heterocycles. The van der Waals surface area contributed by atoms with Gasteiger partial charge in [0.25, 0.3) is 0 Å². The van der Waals surface area contributed by atoms with Crippen LogP contribution in [0.5, 0.6) is 0 Å². The molecule has 96 valence electrons. The number of nitrogens with zero attached hydrogens (tertiary/aromatic N) is 3. The van der Waals surface area contributed by atoms with E-state index in [1.54, 1.807) is 6.07 Å². The Kier molecular flexibility index (Phi) is 5.02. The van der Waals surface area contributed by atoms with Gasteiger partial charge in [-0.15, -0.1) is 0 Å². The van der Waals surface area contributed by atoms with Crippen LogP contribution in [0.1, 0.15) is 25.3 Å². The van der Waals surface area contributed by atoms with E-state index in [2.05, 4.69) is 10.3 Å². The second kappa shape index (κ2) is 6.51. The number of anilines is 1. The van der Waals surface area contributed by atoms with Crippen molar-refractivity contribution >= 4 is 11.5 Å². The molecule has 1 rings (SSSR count). The molecule has 7 nitrogen and oxygen atoms in total. The lowest BCUT2D eigenvalue weighted by Crippen LogP contribution is -2.13. The molecule has 1 heterocycles. The van der Waals surface area contributed by atoms with E-state index in [0.29, 0.717) is 19.4 Å². The van der Waals surface area contributed by atoms with Crippen LogP contribution < -0.4 is 5.32 Å². The van der Waals surface area contributed by atoms with Crippen LogP contribution in [0.3, 0.4) is 0 Å². The van der Waals surface area contributed by atoms with E-state index in [4.69, 9.17) is 5.26 Å². The van der Waals surface area contributed by atoms with E-state index in [1.807, 2.05) is 6.92 Å². The third-order valence-electron chi connectivity index (χ3n) is 2.43. The number of nitrogens with one attached hydrogen (secondary N) is 1. The van der Waals surface area contributed by atoms with Gasteiger partial charge in [-0.3, -0.25) is 10.1 Å². The van der Waals surface area contributed by atoms with Crippen molar-refractivity contribution in [2.24, 2.45) is 0 Å². The van der Waals surface area contributed by atoms with E-state index in [0.717, 1.165) is 0 Å². The molecule has 0 spiro atoms. The highest BCUT2D eigenvalue weighted by Gasteiger charge is 2.16. The average molecular weight is 250 g/mol. The standard InChI is InChI=1S/C11H14N4O3/c1-2-9(16)3-4-13-11-10(15(17)18)5-8(6-12)7-14-11/h5,7,9,16H,2-4H2,1H3,(H,13,14). The van der Waals surface area contributed by atoms with Crippen LogP contribution in [0.15, 0.2) is 12.3 Å². The lowest BCUT2D eigenvalue weighted by Gasteiger charge is -2.09. The Hall–Kier alpha value is -2.20. The third-order valence-corrected chi connectivity index (χ3v) is 2.43. The summed E-state index contributed by atoms with van der Waals surface area (Å²) in [5.41, 5.74) is -0.0964. The third kappa shape index (κ3) is 3.68. The first-order chi connectivity index (χ1) is 8.58. The molecule has 18 heavy (non-hydrogen) atoms. The van der Waals surface area contributed by atoms with Crippen molar-refractivity contribution < 1.29 is 10.0 Å². The second-order valence-electron chi connectivity index (χ2n) is 3.74. The van der Waals surface area contributed by atoms with Gasteiger partial charge < -0.3 is 10.4 Å². The molecule has 7 heteroatoms. The van der Waals surface area contributed by atoms with Crippen LogP contribution >= 0.6 is 0 Å². The van der Waals surface area contributed by atoms with Crippen LogP contribution in [0.4, 0.5) is 11.5 Å². The molecule has 0 aromatic carbocycles. The van der Waals surface area contributed by atoms with E-state index >= 15 is 0 Å². The van der Waals surface area contributed by atoms with Gasteiger partial charge in [0.2, 0.25) is 5.82 Å². The Morgan fingerprint density at radius 2 is 2.44 bits per heavy atom. The predicted octanol–water partition coefficient (Wildman–Crippen LogP) is 1.43. The number of hydrogen-bond acceptors (Lipinski definition) is 6. The molecule has 2 N–H and O–H groups in total. The monoisotopic (exact) mass is 250 g/mol. The molecule has 0 radical (unpaired) electrons. The highest BCUT2D eigenvalue weighted by molar-refractivity contribution is 5.58. The molecule has 0 aliphatic heterocycles. The fraction of sp³-hybridized carbons (Fsp3) is 0.455. The fourth-order valence-electron chi connectivity index (χ4n) is 1.35. The minimum absolute atomic E-state index is 0.113. The Bertz CT molecular complexity index is 470. The zero-order chi connectivity index (χ0) is 13.5. The highest BCUT2D eigenvalue weighted by Crippen LogP contribution is 2.22. The predicted molar refractivity (Wildman–Crippen MR) is 65.0 cm³/mol. The molecule has 0 aliphatic rings. The highest BCUT2D eigenvalue weighted by atomic mass is 16.6. The molecule has 1 aromatic heterocycles. The average Bonchev–Trinajstić information content (AvgIpc) is 2.38. The van der Waals surface area contributed by atoms with Crippen molar-refractivity contribution in [3.8, 4) is 6.07 Å². The topological polar surface area (TPSA) is 112 Å². The molecule has 1 atom stereocenters. The van der Waals surface area contributed by atoms with Gasteiger partial charge in [0.1, 0.15) is 6.07 Å². The maximum atomic E-state index is 10.8. The van der Waals surface area contributed by atoms with Crippen LogP contribution in [0, 0.1) is 21.4 Å². The Labute approximate surface area is 104 Å². The molecule has 0 aliphatic carbocycles. The van der Waals surface area contributed by atoms with Gasteiger partial charge >= 0.3 is 5.69 Å². The van der Waals surface area contributed by atoms with Crippen molar-refractivity contribution in [3.63, 3.8) is 0 Å². The summed E-state index contributed by atoms with van der Waals surface area (Å²) in [5.74, 6) is 0.113. The number of aromatic nitrogens is 1. The molecular formula is C11H14N4O3. The Balaban J connectivity index is 2.76. The molecule has 1 aromatic rings. The zero-order valence-corrected chi connectivity index (χ0v) is 9.96. The van der Waals surface area contributed by atoms with E-state index in [-0.39, 0.29) is 17.1 Å². The summed E-state index contributed by atoms with van der Waals surface area (Å²) in [5, 5.41) is 31.6. The molecule has 1 unspecified atom stereocenters.